The van der Waals surface area contributed by atoms with Crippen LogP contribution < -0.4 is 5.32 Å². The molecule has 0 saturated carbocycles. The van der Waals surface area contributed by atoms with Crippen molar-refractivity contribution in [3.8, 4) is 0 Å². The first kappa shape index (κ1) is 18.3. The van der Waals surface area contributed by atoms with Crippen LogP contribution in [-0.4, -0.2) is 53.2 Å². The first-order valence-corrected chi connectivity index (χ1v) is 9.85. The van der Waals surface area contributed by atoms with Gasteiger partial charge in [-0.25, -0.2) is 4.99 Å². The van der Waals surface area contributed by atoms with Gasteiger partial charge in [-0.3, -0.25) is 0 Å². The zero-order chi connectivity index (χ0) is 19.2. The molecule has 2 aromatic rings. The summed E-state index contributed by atoms with van der Waals surface area (Å²) in [5.41, 5.74) is 1.60. The van der Waals surface area contributed by atoms with Crippen LogP contribution in [0.25, 0.3) is 10.9 Å². The van der Waals surface area contributed by atoms with Gasteiger partial charge < -0.3 is 19.9 Å². The van der Waals surface area contributed by atoms with Crippen molar-refractivity contribution in [2.45, 2.75) is 38.2 Å². The van der Waals surface area contributed by atoms with E-state index >= 15 is 0 Å². The number of fused-ring (bicyclic) bond motifs is 5. The third kappa shape index (κ3) is 3.42. The normalized spacial score (nSPS) is 22.3. The Morgan fingerprint density at radius 1 is 1.30 bits per heavy atom. The Morgan fingerprint density at radius 2 is 2.07 bits per heavy atom. The molecule has 27 heavy (non-hydrogen) atoms. The summed E-state index contributed by atoms with van der Waals surface area (Å²) in [4.78, 5) is 7.18. The fraction of sp³-hybridized carbons (Fsp3) is 0.500. The van der Waals surface area contributed by atoms with Gasteiger partial charge in [0.05, 0.1) is 11.1 Å². The number of nitrogens with zero attached hydrogens (tertiary/aromatic N) is 3. The molecule has 0 amide bonds. The quantitative estimate of drug-likeness (QED) is 0.855. The molecule has 0 spiro atoms. The SMILES string of the molecule is CN(C)CCNC1=CC[C@H]2C[C@@H](C(C)(C)O)c3cc4ccccc4n3C2=N1. The number of rotatable bonds is 5. The summed E-state index contributed by atoms with van der Waals surface area (Å²) < 4.78 is 2.30. The van der Waals surface area contributed by atoms with Gasteiger partial charge in [0, 0.05) is 36.0 Å². The number of para-hydroxylation sites is 1. The second-order valence-electron chi connectivity index (χ2n) is 8.63. The van der Waals surface area contributed by atoms with Crippen LogP contribution in [0.4, 0.5) is 0 Å². The van der Waals surface area contributed by atoms with Gasteiger partial charge in [0.2, 0.25) is 0 Å². The lowest BCUT2D eigenvalue weighted by atomic mass is 9.76. The zero-order valence-corrected chi connectivity index (χ0v) is 16.7. The standard InChI is InChI=1S/C22H30N4O/c1-22(2,27)17-13-16-9-10-20(23-11-12-25(3)4)24-21(16)26-18-8-6-5-7-15(18)14-19(17)26/h5-8,10,14,16-17,23,27H,9,11-13H2,1-4H3/t16-,17+/m0/s1. The first-order chi connectivity index (χ1) is 12.8. The molecule has 0 unspecified atom stereocenters. The summed E-state index contributed by atoms with van der Waals surface area (Å²) in [7, 11) is 4.16. The number of hydrogen-bond acceptors (Lipinski definition) is 4. The number of aliphatic imine (C=N–C) groups is 1. The van der Waals surface area contributed by atoms with E-state index in [9.17, 15) is 5.11 Å². The average molecular weight is 367 g/mol. The molecule has 1 aromatic carbocycles. The monoisotopic (exact) mass is 366 g/mol. The Bertz CT molecular complexity index is 901. The lowest BCUT2D eigenvalue weighted by Gasteiger charge is -2.39. The maximum atomic E-state index is 10.8. The van der Waals surface area contributed by atoms with Crippen LogP contribution in [-0.2, 0) is 0 Å². The van der Waals surface area contributed by atoms with Gasteiger partial charge in [-0.15, -0.1) is 0 Å². The van der Waals surface area contributed by atoms with E-state index in [0.29, 0.717) is 5.92 Å². The summed E-state index contributed by atoms with van der Waals surface area (Å²) >= 11 is 0. The van der Waals surface area contributed by atoms with Crippen molar-refractivity contribution in [3.63, 3.8) is 0 Å². The number of nitrogens with one attached hydrogen (secondary N) is 1. The number of aliphatic hydroxyl groups is 1. The van der Waals surface area contributed by atoms with E-state index in [-0.39, 0.29) is 5.92 Å². The smallest absolute Gasteiger partial charge is 0.124 e. The van der Waals surface area contributed by atoms with E-state index in [1.165, 1.54) is 16.6 Å². The fourth-order valence-corrected chi connectivity index (χ4v) is 4.32. The third-order valence-corrected chi connectivity index (χ3v) is 5.76. The van der Waals surface area contributed by atoms with Crippen LogP contribution in [0.1, 0.15) is 38.3 Å². The lowest BCUT2D eigenvalue weighted by molar-refractivity contribution is 0.0393. The molecular formula is C22H30N4O. The highest BCUT2D eigenvalue weighted by atomic mass is 16.3. The number of benzene rings is 1. The molecule has 0 fully saturated rings. The average Bonchev–Trinajstić information content (AvgIpc) is 2.99. The van der Waals surface area contributed by atoms with E-state index in [4.69, 9.17) is 4.99 Å². The van der Waals surface area contributed by atoms with Crippen molar-refractivity contribution in [2.75, 3.05) is 27.2 Å². The van der Waals surface area contributed by atoms with Crippen LogP contribution in [0.3, 0.4) is 0 Å². The van der Waals surface area contributed by atoms with E-state index in [0.717, 1.165) is 37.6 Å². The van der Waals surface area contributed by atoms with Crippen molar-refractivity contribution in [2.24, 2.45) is 10.9 Å². The highest BCUT2D eigenvalue weighted by Crippen LogP contribution is 2.43. The predicted octanol–water partition coefficient (Wildman–Crippen LogP) is 3.16. The molecule has 5 nitrogen and oxygen atoms in total. The van der Waals surface area contributed by atoms with Crippen LogP contribution in [0.2, 0.25) is 0 Å². The fourth-order valence-electron chi connectivity index (χ4n) is 4.32. The largest absolute Gasteiger partial charge is 0.390 e. The molecule has 2 aliphatic heterocycles. The topological polar surface area (TPSA) is 52.8 Å². The van der Waals surface area contributed by atoms with Gasteiger partial charge in [0.25, 0.3) is 0 Å². The molecule has 144 valence electrons. The Labute approximate surface area is 161 Å². The maximum Gasteiger partial charge on any atom is 0.124 e. The van der Waals surface area contributed by atoms with Crippen molar-refractivity contribution in [1.82, 2.24) is 14.8 Å². The zero-order valence-electron chi connectivity index (χ0n) is 16.7. The molecule has 0 bridgehead atoms. The second kappa shape index (κ2) is 6.80. The van der Waals surface area contributed by atoms with Gasteiger partial charge in [0.15, 0.2) is 0 Å². The molecule has 1 aromatic heterocycles. The highest BCUT2D eigenvalue weighted by Gasteiger charge is 2.40. The molecule has 2 aliphatic rings. The van der Waals surface area contributed by atoms with E-state index in [2.05, 4.69) is 65.3 Å². The maximum absolute atomic E-state index is 10.8. The van der Waals surface area contributed by atoms with Gasteiger partial charge in [-0.1, -0.05) is 18.2 Å². The third-order valence-electron chi connectivity index (χ3n) is 5.76. The minimum Gasteiger partial charge on any atom is -0.390 e. The molecule has 0 saturated heterocycles. The summed E-state index contributed by atoms with van der Waals surface area (Å²) in [6.45, 7) is 5.71. The number of allylic oxidation sites excluding steroid dienone is 1. The molecular weight excluding hydrogens is 336 g/mol. The predicted molar refractivity (Wildman–Crippen MR) is 111 cm³/mol. The molecule has 3 heterocycles. The van der Waals surface area contributed by atoms with Crippen molar-refractivity contribution in [3.05, 3.63) is 47.9 Å². The minimum atomic E-state index is -0.758. The minimum absolute atomic E-state index is 0.102. The Balaban J connectivity index is 1.76. The van der Waals surface area contributed by atoms with Crippen molar-refractivity contribution in [1.29, 1.82) is 0 Å². The Kier molecular flexibility index (Phi) is 4.60. The van der Waals surface area contributed by atoms with E-state index < -0.39 is 5.60 Å². The second-order valence-corrected chi connectivity index (χ2v) is 8.63. The van der Waals surface area contributed by atoms with Crippen LogP contribution in [0.15, 0.2) is 47.2 Å². The molecule has 4 rings (SSSR count). The van der Waals surface area contributed by atoms with E-state index in [1.54, 1.807) is 0 Å². The van der Waals surface area contributed by atoms with Gasteiger partial charge in [-0.2, -0.15) is 0 Å². The lowest BCUT2D eigenvalue weighted by Crippen LogP contribution is -2.41. The van der Waals surface area contributed by atoms with E-state index in [1.807, 2.05) is 13.8 Å². The van der Waals surface area contributed by atoms with Crippen LogP contribution in [0, 0.1) is 5.92 Å². The van der Waals surface area contributed by atoms with Gasteiger partial charge in [-0.05, 0) is 59.0 Å². The summed E-state index contributed by atoms with van der Waals surface area (Å²) in [6.07, 6.45) is 4.10. The Hall–Kier alpha value is -2.11. The molecule has 2 atom stereocenters. The molecule has 5 heteroatoms. The molecule has 0 radical (unpaired) electrons. The molecule has 0 aliphatic carbocycles. The van der Waals surface area contributed by atoms with Crippen LogP contribution in [0.5, 0.6) is 0 Å². The van der Waals surface area contributed by atoms with Gasteiger partial charge in [0.1, 0.15) is 11.7 Å². The Morgan fingerprint density at radius 3 is 2.81 bits per heavy atom. The number of likely N-dealkylation sites (N-methyl/N-ethyl adjacent to an activating group) is 1. The highest BCUT2D eigenvalue weighted by molar-refractivity contribution is 5.99. The molecule has 2 N–H and O–H groups in total. The summed E-state index contributed by atoms with van der Waals surface area (Å²) in [5.74, 6) is 2.52. The number of hydrogen-bond donors (Lipinski definition) is 2. The first-order valence-electron chi connectivity index (χ1n) is 9.85. The van der Waals surface area contributed by atoms with Crippen molar-refractivity contribution >= 4 is 16.7 Å². The summed E-state index contributed by atoms with van der Waals surface area (Å²) in [6, 6.07) is 10.7. The summed E-state index contributed by atoms with van der Waals surface area (Å²) in [5, 5.41) is 15.5. The van der Waals surface area contributed by atoms with Gasteiger partial charge >= 0.3 is 0 Å². The van der Waals surface area contributed by atoms with Crippen molar-refractivity contribution < 1.29 is 5.11 Å². The van der Waals surface area contributed by atoms with Crippen LogP contribution >= 0.6 is 0 Å². The number of aromatic nitrogens is 1.